The van der Waals surface area contributed by atoms with E-state index in [1.165, 1.54) is 0 Å². The number of halogens is 1. The molecule has 0 radical (unpaired) electrons. The predicted molar refractivity (Wildman–Crippen MR) is 53.3 cm³/mol. The quantitative estimate of drug-likeness (QED) is 0.685. The van der Waals surface area contributed by atoms with Crippen molar-refractivity contribution < 1.29 is 19.4 Å². The van der Waals surface area contributed by atoms with Gasteiger partial charge in [-0.05, 0) is 20.8 Å². The fourth-order valence-electron chi connectivity index (χ4n) is 0.649. The predicted octanol–water partition coefficient (Wildman–Crippen LogP) is 0.552. The minimum Gasteiger partial charge on any atom is -0.481 e. The van der Waals surface area contributed by atoms with Crippen LogP contribution < -0.4 is 5.73 Å². The van der Waals surface area contributed by atoms with Crippen molar-refractivity contribution in [2.75, 3.05) is 0 Å². The maximum absolute atomic E-state index is 11.1. The van der Waals surface area contributed by atoms with E-state index in [1.807, 2.05) is 0 Å². The molecule has 0 aromatic carbocycles. The Labute approximate surface area is 89.0 Å². The summed E-state index contributed by atoms with van der Waals surface area (Å²) in [5, 5.41) is 8.34. The van der Waals surface area contributed by atoms with Gasteiger partial charge in [0.15, 0.2) is 0 Å². The fraction of sp³-hybridized carbons (Fsp3) is 0.750. The molecule has 0 saturated heterocycles. The zero-order valence-corrected chi connectivity index (χ0v) is 9.26. The van der Waals surface area contributed by atoms with Crippen molar-refractivity contribution in [3.05, 3.63) is 0 Å². The summed E-state index contributed by atoms with van der Waals surface area (Å²) in [7, 11) is 0. The number of hydrogen-bond donors (Lipinski definition) is 2. The first kappa shape index (κ1) is 15.7. The normalized spacial score (nSPS) is 12.6. The lowest BCUT2D eigenvalue weighted by molar-refractivity contribution is -0.158. The highest BCUT2D eigenvalue weighted by Gasteiger charge is 2.23. The Hall–Kier alpha value is -0.810. The van der Waals surface area contributed by atoms with Crippen molar-refractivity contribution in [2.24, 2.45) is 5.73 Å². The van der Waals surface area contributed by atoms with Crippen molar-refractivity contribution in [1.29, 1.82) is 0 Å². The first-order valence-corrected chi connectivity index (χ1v) is 3.92. The number of carbonyl (C=O) groups excluding carboxylic acids is 1. The van der Waals surface area contributed by atoms with Gasteiger partial charge in [-0.15, -0.1) is 12.4 Å². The molecule has 0 aliphatic heterocycles. The standard InChI is InChI=1S/C8H15NO4.ClH/c1-8(2,3)13-7(12)5(9)4-6(10)11;/h5H,4,9H2,1-3H3,(H,10,11);1H/t5-;/m1./s1. The number of aliphatic carboxylic acids is 1. The Morgan fingerprint density at radius 2 is 1.86 bits per heavy atom. The SMILES string of the molecule is CC(C)(C)OC(=O)[C@H](N)CC(=O)O.Cl. The minimum absolute atomic E-state index is 0. The number of esters is 1. The molecule has 0 saturated carbocycles. The van der Waals surface area contributed by atoms with Gasteiger partial charge < -0.3 is 15.6 Å². The van der Waals surface area contributed by atoms with Crippen molar-refractivity contribution in [3.63, 3.8) is 0 Å². The molecule has 0 unspecified atom stereocenters. The van der Waals surface area contributed by atoms with Crippen molar-refractivity contribution in [2.45, 2.75) is 38.8 Å². The molecule has 0 amide bonds. The Morgan fingerprint density at radius 1 is 1.43 bits per heavy atom. The van der Waals surface area contributed by atoms with E-state index in [0.717, 1.165) is 0 Å². The molecule has 0 spiro atoms. The topological polar surface area (TPSA) is 89.6 Å². The monoisotopic (exact) mass is 225 g/mol. The van der Waals surface area contributed by atoms with Crippen molar-refractivity contribution >= 4 is 24.3 Å². The molecule has 14 heavy (non-hydrogen) atoms. The third kappa shape index (κ3) is 7.82. The van der Waals surface area contributed by atoms with Crippen LogP contribution in [0.5, 0.6) is 0 Å². The molecule has 0 aromatic heterocycles. The van der Waals surface area contributed by atoms with E-state index < -0.39 is 30.0 Å². The van der Waals surface area contributed by atoms with Crippen LogP contribution in [0.25, 0.3) is 0 Å². The Morgan fingerprint density at radius 3 is 2.14 bits per heavy atom. The van der Waals surface area contributed by atoms with E-state index >= 15 is 0 Å². The summed E-state index contributed by atoms with van der Waals surface area (Å²) in [4.78, 5) is 21.3. The number of rotatable bonds is 3. The molecule has 84 valence electrons. The van der Waals surface area contributed by atoms with E-state index in [-0.39, 0.29) is 12.4 Å². The summed E-state index contributed by atoms with van der Waals surface area (Å²) in [6, 6.07) is -1.09. The number of carbonyl (C=O) groups is 2. The lowest BCUT2D eigenvalue weighted by Crippen LogP contribution is -2.38. The molecule has 5 nitrogen and oxygen atoms in total. The van der Waals surface area contributed by atoms with Crippen molar-refractivity contribution in [3.8, 4) is 0 Å². The van der Waals surface area contributed by atoms with Crippen LogP contribution in [0.4, 0.5) is 0 Å². The summed E-state index contributed by atoms with van der Waals surface area (Å²) < 4.78 is 4.87. The molecule has 6 heteroatoms. The van der Waals surface area contributed by atoms with E-state index in [1.54, 1.807) is 20.8 Å². The lowest BCUT2D eigenvalue weighted by Gasteiger charge is -2.21. The molecular weight excluding hydrogens is 210 g/mol. The van der Waals surface area contributed by atoms with Gasteiger partial charge in [-0.25, -0.2) is 0 Å². The summed E-state index contributed by atoms with van der Waals surface area (Å²) in [5.41, 5.74) is 4.64. The van der Waals surface area contributed by atoms with Crippen LogP contribution in [0.1, 0.15) is 27.2 Å². The van der Waals surface area contributed by atoms with Crippen LogP contribution >= 0.6 is 12.4 Å². The maximum Gasteiger partial charge on any atom is 0.324 e. The number of carboxylic acid groups (broad SMARTS) is 1. The van der Waals surface area contributed by atoms with Gasteiger partial charge in [0.2, 0.25) is 0 Å². The van der Waals surface area contributed by atoms with Gasteiger partial charge in [-0.1, -0.05) is 0 Å². The van der Waals surface area contributed by atoms with Crippen LogP contribution in [0.3, 0.4) is 0 Å². The first-order valence-electron chi connectivity index (χ1n) is 3.92. The highest BCUT2D eigenvalue weighted by atomic mass is 35.5. The molecule has 3 N–H and O–H groups in total. The Balaban J connectivity index is 0. The van der Waals surface area contributed by atoms with Crippen LogP contribution in [-0.2, 0) is 14.3 Å². The second-order valence-corrected chi connectivity index (χ2v) is 3.74. The molecule has 1 atom stereocenters. The lowest BCUT2D eigenvalue weighted by atomic mass is 10.1. The molecule has 0 rings (SSSR count). The number of nitrogens with two attached hydrogens (primary N) is 1. The largest absolute Gasteiger partial charge is 0.481 e. The van der Waals surface area contributed by atoms with Crippen LogP contribution in [0.15, 0.2) is 0 Å². The molecule has 0 bridgehead atoms. The Bertz CT molecular complexity index is 212. The van der Waals surface area contributed by atoms with Gasteiger partial charge >= 0.3 is 11.9 Å². The summed E-state index contributed by atoms with van der Waals surface area (Å²) >= 11 is 0. The van der Waals surface area contributed by atoms with Gasteiger partial charge in [0.25, 0.3) is 0 Å². The van der Waals surface area contributed by atoms with E-state index in [0.29, 0.717) is 0 Å². The van der Waals surface area contributed by atoms with Crippen LogP contribution in [0.2, 0.25) is 0 Å². The molecule has 0 aliphatic rings. The highest BCUT2D eigenvalue weighted by molar-refractivity contribution is 5.85. The highest BCUT2D eigenvalue weighted by Crippen LogP contribution is 2.08. The van der Waals surface area contributed by atoms with E-state index in [4.69, 9.17) is 15.6 Å². The molecular formula is C8H16ClNO4. The third-order valence-electron chi connectivity index (χ3n) is 1.10. The minimum atomic E-state index is -1.11. The molecule has 0 fully saturated rings. The zero-order valence-electron chi connectivity index (χ0n) is 8.44. The summed E-state index contributed by atoms with van der Waals surface area (Å²) in [6.07, 6.45) is -0.408. The van der Waals surface area contributed by atoms with E-state index in [2.05, 4.69) is 0 Å². The summed E-state index contributed by atoms with van der Waals surface area (Å²) in [6.45, 7) is 5.08. The second-order valence-electron chi connectivity index (χ2n) is 3.74. The number of ether oxygens (including phenoxy) is 1. The molecule has 0 aliphatic carbocycles. The second kappa shape index (κ2) is 5.82. The Kier molecular flexibility index (Phi) is 6.51. The van der Waals surface area contributed by atoms with E-state index in [9.17, 15) is 9.59 Å². The maximum atomic E-state index is 11.1. The fourth-order valence-corrected chi connectivity index (χ4v) is 0.649. The third-order valence-corrected chi connectivity index (χ3v) is 1.10. The smallest absolute Gasteiger partial charge is 0.324 e. The van der Waals surface area contributed by atoms with Crippen LogP contribution in [0, 0.1) is 0 Å². The number of carboxylic acids is 1. The van der Waals surface area contributed by atoms with Gasteiger partial charge in [0, 0.05) is 0 Å². The van der Waals surface area contributed by atoms with Crippen molar-refractivity contribution in [1.82, 2.24) is 0 Å². The summed E-state index contributed by atoms with van der Waals surface area (Å²) in [5.74, 6) is -1.80. The first-order chi connectivity index (χ1) is 5.72. The van der Waals surface area contributed by atoms with Gasteiger partial charge in [-0.3, -0.25) is 9.59 Å². The molecule has 0 heterocycles. The molecule has 0 aromatic rings. The number of hydrogen-bond acceptors (Lipinski definition) is 4. The van der Waals surface area contributed by atoms with Gasteiger partial charge in [-0.2, -0.15) is 0 Å². The average Bonchev–Trinajstić information content (AvgIpc) is 1.81. The van der Waals surface area contributed by atoms with Crippen LogP contribution in [-0.4, -0.2) is 28.7 Å². The van der Waals surface area contributed by atoms with Gasteiger partial charge in [0.05, 0.1) is 6.42 Å². The average molecular weight is 226 g/mol. The van der Waals surface area contributed by atoms with Gasteiger partial charge in [0.1, 0.15) is 11.6 Å². The zero-order chi connectivity index (χ0) is 10.6.